The Hall–Kier alpha value is -0.800. The van der Waals surface area contributed by atoms with Crippen LogP contribution in [0, 0.1) is 5.92 Å². The first kappa shape index (κ1) is 14.3. The van der Waals surface area contributed by atoms with Gasteiger partial charge < -0.3 is 5.32 Å². The molecule has 96 valence electrons. The topological polar surface area (TPSA) is 28.2 Å². The van der Waals surface area contributed by atoms with E-state index in [9.17, 15) is 0 Å². The molecule has 0 spiro atoms. The fourth-order valence-corrected chi connectivity index (χ4v) is 1.79. The molecule has 0 radical (unpaired) electrons. The number of hydrogen-bond acceptors (Lipinski definition) is 3. The SMILES string of the molecule is CNc1ccc(Cl)c(CN(C)C(C)C(C)C)n1. The van der Waals surface area contributed by atoms with Crippen molar-refractivity contribution in [2.75, 3.05) is 19.4 Å². The van der Waals surface area contributed by atoms with Crippen LogP contribution in [0.1, 0.15) is 26.5 Å². The Morgan fingerprint density at radius 3 is 2.53 bits per heavy atom. The molecule has 1 heterocycles. The quantitative estimate of drug-likeness (QED) is 0.876. The van der Waals surface area contributed by atoms with Gasteiger partial charge in [-0.05, 0) is 32.0 Å². The highest BCUT2D eigenvalue weighted by Crippen LogP contribution is 2.19. The number of aromatic nitrogens is 1. The van der Waals surface area contributed by atoms with E-state index in [-0.39, 0.29) is 0 Å². The molecule has 1 aromatic heterocycles. The number of pyridine rings is 1. The van der Waals surface area contributed by atoms with Crippen molar-refractivity contribution in [2.24, 2.45) is 5.92 Å². The maximum absolute atomic E-state index is 6.16. The van der Waals surface area contributed by atoms with Crippen molar-refractivity contribution in [3.8, 4) is 0 Å². The van der Waals surface area contributed by atoms with Crippen molar-refractivity contribution in [1.82, 2.24) is 9.88 Å². The fraction of sp³-hybridized carbons (Fsp3) is 0.615. The molecule has 0 aliphatic rings. The molecule has 0 saturated heterocycles. The van der Waals surface area contributed by atoms with E-state index in [2.05, 4.69) is 43.0 Å². The maximum atomic E-state index is 6.16. The van der Waals surface area contributed by atoms with Crippen LogP contribution in [0.3, 0.4) is 0 Å². The third kappa shape index (κ3) is 3.86. The third-order valence-corrected chi connectivity index (χ3v) is 3.58. The molecule has 1 unspecified atom stereocenters. The minimum Gasteiger partial charge on any atom is -0.373 e. The number of nitrogens with one attached hydrogen (secondary N) is 1. The molecule has 3 nitrogen and oxygen atoms in total. The molecule has 0 amide bonds. The Balaban J connectivity index is 2.80. The molecule has 1 N–H and O–H groups in total. The van der Waals surface area contributed by atoms with Gasteiger partial charge in [-0.3, -0.25) is 4.90 Å². The molecule has 1 atom stereocenters. The van der Waals surface area contributed by atoms with Gasteiger partial charge in [0.1, 0.15) is 5.82 Å². The standard InChI is InChI=1S/C13H22ClN3/c1-9(2)10(3)17(5)8-12-11(14)6-7-13(15-4)16-12/h6-7,9-10H,8H2,1-5H3,(H,15,16). The van der Waals surface area contributed by atoms with Crippen LogP contribution in [0.4, 0.5) is 5.82 Å². The molecule has 0 aromatic carbocycles. The molecule has 0 aliphatic heterocycles. The zero-order valence-electron chi connectivity index (χ0n) is 11.3. The van der Waals surface area contributed by atoms with Gasteiger partial charge in [-0.25, -0.2) is 4.98 Å². The summed E-state index contributed by atoms with van der Waals surface area (Å²) in [5, 5.41) is 3.76. The second-order valence-electron chi connectivity index (χ2n) is 4.77. The van der Waals surface area contributed by atoms with E-state index in [4.69, 9.17) is 11.6 Å². The number of nitrogens with zero attached hydrogens (tertiary/aromatic N) is 2. The second kappa shape index (κ2) is 6.22. The Morgan fingerprint density at radius 1 is 1.35 bits per heavy atom. The summed E-state index contributed by atoms with van der Waals surface area (Å²) in [4.78, 5) is 6.76. The van der Waals surface area contributed by atoms with Crippen LogP contribution in [0.25, 0.3) is 0 Å². The van der Waals surface area contributed by atoms with Gasteiger partial charge in [0, 0.05) is 19.6 Å². The van der Waals surface area contributed by atoms with Crippen molar-refractivity contribution in [3.63, 3.8) is 0 Å². The van der Waals surface area contributed by atoms with Crippen molar-refractivity contribution in [2.45, 2.75) is 33.4 Å². The lowest BCUT2D eigenvalue weighted by atomic mass is 10.1. The van der Waals surface area contributed by atoms with E-state index in [0.29, 0.717) is 12.0 Å². The van der Waals surface area contributed by atoms with E-state index in [1.807, 2.05) is 19.2 Å². The van der Waals surface area contributed by atoms with Crippen molar-refractivity contribution < 1.29 is 0 Å². The van der Waals surface area contributed by atoms with Crippen molar-refractivity contribution in [3.05, 3.63) is 22.8 Å². The number of anilines is 1. The molecular formula is C13H22ClN3. The average Bonchev–Trinajstić information content (AvgIpc) is 2.30. The third-order valence-electron chi connectivity index (χ3n) is 3.23. The molecule has 0 fully saturated rings. The molecule has 1 aromatic rings. The summed E-state index contributed by atoms with van der Waals surface area (Å²) in [6.45, 7) is 7.44. The fourth-order valence-electron chi connectivity index (χ4n) is 1.62. The first-order valence-electron chi connectivity index (χ1n) is 5.99. The number of halogens is 1. The van der Waals surface area contributed by atoms with Crippen LogP contribution >= 0.6 is 11.6 Å². The number of hydrogen-bond donors (Lipinski definition) is 1. The highest BCUT2D eigenvalue weighted by molar-refractivity contribution is 6.31. The van der Waals surface area contributed by atoms with Crippen LogP contribution in [-0.2, 0) is 6.54 Å². The Morgan fingerprint density at radius 2 is 2.00 bits per heavy atom. The van der Waals surface area contributed by atoms with Gasteiger partial charge in [-0.2, -0.15) is 0 Å². The van der Waals surface area contributed by atoms with Crippen LogP contribution in [0.15, 0.2) is 12.1 Å². The predicted octanol–water partition coefficient (Wildman–Crippen LogP) is 3.25. The smallest absolute Gasteiger partial charge is 0.126 e. The highest BCUT2D eigenvalue weighted by Gasteiger charge is 2.15. The van der Waals surface area contributed by atoms with Crippen LogP contribution in [-0.4, -0.2) is 30.0 Å². The summed E-state index contributed by atoms with van der Waals surface area (Å²) in [6.07, 6.45) is 0. The Labute approximate surface area is 109 Å². The van der Waals surface area contributed by atoms with E-state index < -0.39 is 0 Å². The van der Waals surface area contributed by atoms with E-state index >= 15 is 0 Å². The van der Waals surface area contributed by atoms with Gasteiger partial charge in [-0.15, -0.1) is 0 Å². The van der Waals surface area contributed by atoms with Gasteiger partial charge in [0.2, 0.25) is 0 Å². The summed E-state index contributed by atoms with van der Waals surface area (Å²) in [5.41, 5.74) is 0.925. The molecule has 17 heavy (non-hydrogen) atoms. The lowest BCUT2D eigenvalue weighted by Gasteiger charge is -2.27. The molecule has 1 rings (SSSR count). The normalized spacial score (nSPS) is 13.2. The van der Waals surface area contributed by atoms with Gasteiger partial charge in [0.15, 0.2) is 0 Å². The summed E-state index contributed by atoms with van der Waals surface area (Å²) < 4.78 is 0. The maximum Gasteiger partial charge on any atom is 0.126 e. The first-order valence-corrected chi connectivity index (χ1v) is 6.37. The monoisotopic (exact) mass is 255 g/mol. The van der Waals surface area contributed by atoms with Gasteiger partial charge >= 0.3 is 0 Å². The second-order valence-corrected chi connectivity index (χ2v) is 5.18. The van der Waals surface area contributed by atoms with Crippen molar-refractivity contribution in [1.29, 1.82) is 0 Å². The van der Waals surface area contributed by atoms with Crippen LogP contribution < -0.4 is 5.32 Å². The zero-order chi connectivity index (χ0) is 13.0. The van der Waals surface area contributed by atoms with E-state index in [1.54, 1.807) is 0 Å². The predicted molar refractivity (Wildman–Crippen MR) is 74.6 cm³/mol. The highest BCUT2D eigenvalue weighted by atomic mass is 35.5. The summed E-state index contributed by atoms with van der Waals surface area (Å²) in [6, 6.07) is 4.28. The average molecular weight is 256 g/mol. The lowest BCUT2D eigenvalue weighted by Crippen LogP contribution is -2.33. The van der Waals surface area contributed by atoms with Gasteiger partial charge in [0.05, 0.1) is 10.7 Å². The van der Waals surface area contributed by atoms with Gasteiger partial charge in [-0.1, -0.05) is 25.4 Å². The molecule has 0 bridgehead atoms. The minimum absolute atomic E-state index is 0.506. The van der Waals surface area contributed by atoms with Gasteiger partial charge in [0.25, 0.3) is 0 Å². The number of rotatable bonds is 5. The Kier molecular flexibility index (Phi) is 5.22. The summed E-state index contributed by atoms with van der Waals surface area (Å²) in [5.74, 6) is 1.47. The first-order chi connectivity index (χ1) is 7.95. The molecule has 0 saturated carbocycles. The minimum atomic E-state index is 0.506. The van der Waals surface area contributed by atoms with E-state index in [0.717, 1.165) is 23.1 Å². The summed E-state index contributed by atoms with van der Waals surface area (Å²) in [7, 11) is 3.97. The zero-order valence-corrected chi connectivity index (χ0v) is 12.0. The van der Waals surface area contributed by atoms with Crippen molar-refractivity contribution >= 4 is 17.4 Å². The summed E-state index contributed by atoms with van der Waals surface area (Å²) >= 11 is 6.16. The largest absolute Gasteiger partial charge is 0.373 e. The Bertz CT molecular complexity index is 366. The molecule has 0 aliphatic carbocycles. The van der Waals surface area contributed by atoms with E-state index in [1.165, 1.54) is 0 Å². The molecule has 4 heteroatoms. The van der Waals surface area contributed by atoms with Crippen LogP contribution in [0.5, 0.6) is 0 Å². The lowest BCUT2D eigenvalue weighted by molar-refractivity contribution is 0.198. The molecular weight excluding hydrogens is 234 g/mol. The van der Waals surface area contributed by atoms with Crippen LogP contribution in [0.2, 0.25) is 5.02 Å².